The molecule has 0 N–H and O–H groups in total. The molecule has 5 heteroatoms. The van der Waals surface area contributed by atoms with Gasteiger partial charge in [0.05, 0.1) is 10.5 Å². The summed E-state index contributed by atoms with van der Waals surface area (Å²) in [4.78, 5) is 9.83. The summed E-state index contributed by atoms with van der Waals surface area (Å²) in [5.41, 5.74) is 0.509. The lowest BCUT2D eigenvalue weighted by Gasteiger charge is -1.88. The molecule has 2 aromatic rings. The van der Waals surface area contributed by atoms with E-state index in [0.29, 0.717) is 5.58 Å². The molecule has 2 rings (SSSR count). The molecule has 0 saturated heterocycles. The van der Waals surface area contributed by atoms with Crippen LogP contribution in [0.5, 0.6) is 0 Å². The molecule has 1 heterocycles. The van der Waals surface area contributed by atoms with Crippen molar-refractivity contribution in [3.63, 3.8) is 0 Å². The van der Waals surface area contributed by atoms with Crippen LogP contribution in [0.25, 0.3) is 11.0 Å². The minimum Gasteiger partial charge on any atom is -0.399 e. The van der Waals surface area contributed by atoms with E-state index >= 15 is 0 Å². The summed E-state index contributed by atoms with van der Waals surface area (Å²) in [5, 5.41) is 11.1. The molecule has 0 atom stereocenters. The van der Waals surface area contributed by atoms with Crippen LogP contribution in [0, 0.1) is 10.1 Å². The first-order valence-electron chi connectivity index (χ1n) is 3.51. The van der Waals surface area contributed by atoms with Gasteiger partial charge in [0.25, 0.3) is 0 Å². The zero-order chi connectivity index (χ0) is 9.42. The smallest absolute Gasteiger partial charge is 0.399 e. The van der Waals surface area contributed by atoms with Gasteiger partial charge in [-0.25, -0.2) is 0 Å². The zero-order valence-corrected chi connectivity index (χ0v) is 7.95. The summed E-state index contributed by atoms with van der Waals surface area (Å²) in [7, 11) is 0. The molecule has 1 aromatic heterocycles. The van der Waals surface area contributed by atoms with Crippen LogP contribution in [0.2, 0.25) is 0 Å². The summed E-state index contributed by atoms with van der Waals surface area (Å²) in [6.07, 6.45) is 0. The van der Waals surface area contributed by atoms with Crippen molar-refractivity contribution in [3.8, 4) is 0 Å². The molecule has 0 aliphatic carbocycles. The number of nitrogens with zero attached hydrogens (tertiary/aromatic N) is 1. The summed E-state index contributed by atoms with van der Waals surface area (Å²) >= 11 is 3.24. The van der Waals surface area contributed by atoms with Gasteiger partial charge in [-0.15, -0.1) is 0 Å². The van der Waals surface area contributed by atoms with E-state index in [1.807, 2.05) is 0 Å². The van der Waals surface area contributed by atoms with Crippen LogP contribution in [0.3, 0.4) is 0 Å². The van der Waals surface area contributed by atoms with Crippen molar-refractivity contribution < 1.29 is 9.34 Å². The van der Waals surface area contributed by atoms with Crippen molar-refractivity contribution in [2.24, 2.45) is 0 Å². The minimum atomic E-state index is -0.549. The van der Waals surface area contributed by atoms with Crippen LogP contribution < -0.4 is 0 Å². The van der Waals surface area contributed by atoms with Crippen LogP contribution in [-0.2, 0) is 0 Å². The Balaban J connectivity index is 2.75. The molecular weight excluding hydrogens is 238 g/mol. The van der Waals surface area contributed by atoms with Gasteiger partial charge in [0.2, 0.25) is 0 Å². The first kappa shape index (κ1) is 8.25. The van der Waals surface area contributed by atoms with E-state index in [-0.39, 0.29) is 5.88 Å². The second kappa shape index (κ2) is 2.85. The third-order valence-electron chi connectivity index (χ3n) is 1.66. The number of halogens is 1. The second-order valence-corrected chi connectivity index (χ2v) is 3.35. The van der Waals surface area contributed by atoms with Gasteiger partial charge in [-0.3, -0.25) is 10.1 Å². The number of hydrogen-bond donors (Lipinski definition) is 0. The van der Waals surface area contributed by atoms with E-state index in [4.69, 9.17) is 4.42 Å². The molecule has 0 radical (unpaired) electrons. The summed E-state index contributed by atoms with van der Waals surface area (Å²) < 4.78 is 5.73. The highest BCUT2D eigenvalue weighted by atomic mass is 79.9. The molecule has 0 fully saturated rings. The van der Waals surface area contributed by atoms with Gasteiger partial charge in [0.1, 0.15) is 4.92 Å². The highest BCUT2D eigenvalue weighted by Crippen LogP contribution is 2.30. The molecule has 0 saturated carbocycles. The van der Waals surface area contributed by atoms with Crippen LogP contribution in [-0.4, -0.2) is 4.92 Å². The first-order valence-corrected chi connectivity index (χ1v) is 4.30. The fourth-order valence-corrected chi connectivity index (χ4v) is 1.57. The third kappa shape index (κ3) is 1.31. The van der Waals surface area contributed by atoms with E-state index in [1.165, 1.54) is 6.07 Å². The van der Waals surface area contributed by atoms with Crippen molar-refractivity contribution in [3.05, 3.63) is 38.9 Å². The lowest BCUT2D eigenvalue weighted by molar-refractivity contribution is -0.401. The highest BCUT2D eigenvalue weighted by Gasteiger charge is 2.14. The molecule has 0 amide bonds. The van der Waals surface area contributed by atoms with Gasteiger partial charge in [-0.2, -0.15) is 0 Å². The topological polar surface area (TPSA) is 56.3 Å². The number of rotatable bonds is 1. The molecule has 0 aliphatic heterocycles. The minimum absolute atomic E-state index is 0.234. The van der Waals surface area contributed by atoms with Crippen molar-refractivity contribution in [1.82, 2.24) is 0 Å². The fourth-order valence-electron chi connectivity index (χ4n) is 1.10. The average Bonchev–Trinajstić information content (AvgIpc) is 2.49. The zero-order valence-electron chi connectivity index (χ0n) is 6.36. The fraction of sp³-hybridized carbons (Fsp3) is 0. The van der Waals surface area contributed by atoms with Gasteiger partial charge in [-0.05, 0) is 22.0 Å². The maximum Gasteiger partial charge on any atom is 0.434 e. The van der Waals surface area contributed by atoms with Crippen molar-refractivity contribution in [1.29, 1.82) is 0 Å². The maximum atomic E-state index is 10.4. The first-order chi connectivity index (χ1) is 6.18. The molecular formula is C8H4BrNO3. The Bertz CT molecular complexity index is 477. The van der Waals surface area contributed by atoms with Crippen molar-refractivity contribution in [2.45, 2.75) is 0 Å². The molecule has 0 aliphatic rings. The average molecular weight is 242 g/mol. The largest absolute Gasteiger partial charge is 0.434 e. The third-order valence-corrected chi connectivity index (χ3v) is 2.29. The Labute approximate surface area is 81.4 Å². The number of fused-ring (bicyclic) bond motifs is 1. The van der Waals surface area contributed by atoms with E-state index in [0.717, 1.165) is 9.86 Å². The van der Waals surface area contributed by atoms with E-state index in [1.54, 1.807) is 18.2 Å². The maximum absolute atomic E-state index is 10.4. The molecule has 66 valence electrons. The predicted octanol–water partition coefficient (Wildman–Crippen LogP) is 3.10. The monoisotopic (exact) mass is 241 g/mol. The SMILES string of the molecule is O=[N+]([O-])c1cc2cccc(Br)c2o1. The molecule has 0 unspecified atom stereocenters. The highest BCUT2D eigenvalue weighted by molar-refractivity contribution is 9.10. The molecule has 13 heavy (non-hydrogen) atoms. The Morgan fingerprint density at radius 3 is 2.85 bits per heavy atom. The Kier molecular flexibility index (Phi) is 1.81. The van der Waals surface area contributed by atoms with Crippen molar-refractivity contribution in [2.75, 3.05) is 0 Å². The predicted molar refractivity (Wildman–Crippen MR) is 50.6 cm³/mol. The number of furan rings is 1. The van der Waals surface area contributed by atoms with Gasteiger partial charge >= 0.3 is 5.88 Å². The Hall–Kier alpha value is -1.36. The van der Waals surface area contributed by atoms with Crippen LogP contribution in [0.15, 0.2) is 33.2 Å². The molecule has 4 nitrogen and oxygen atoms in total. The van der Waals surface area contributed by atoms with E-state index < -0.39 is 4.92 Å². The second-order valence-electron chi connectivity index (χ2n) is 2.50. The Morgan fingerprint density at radius 1 is 1.46 bits per heavy atom. The normalized spacial score (nSPS) is 10.5. The Morgan fingerprint density at radius 2 is 2.23 bits per heavy atom. The lowest BCUT2D eigenvalue weighted by atomic mass is 10.3. The quantitative estimate of drug-likeness (QED) is 0.570. The van der Waals surface area contributed by atoms with Gasteiger partial charge in [0.15, 0.2) is 5.58 Å². The number of benzene rings is 1. The molecule has 0 bridgehead atoms. The van der Waals surface area contributed by atoms with E-state index in [9.17, 15) is 10.1 Å². The number of nitro groups is 1. The van der Waals surface area contributed by atoms with Crippen LogP contribution in [0.4, 0.5) is 5.88 Å². The van der Waals surface area contributed by atoms with Gasteiger partial charge in [0, 0.05) is 5.39 Å². The number of hydrogen-bond acceptors (Lipinski definition) is 3. The van der Waals surface area contributed by atoms with Crippen LogP contribution in [0.1, 0.15) is 0 Å². The standard InChI is InChI=1S/C8H4BrNO3/c9-6-3-1-2-5-4-7(10(11)12)13-8(5)6/h1-4H. The molecule has 1 aromatic carbocycles. The summed E-state index contributed by atoms with van der Waals surface area (Å²) in [6, 6.07) is 6.73. The number of para-hydroxylation sites is 1. The van der Waals surface area contributed by atoms with E-state index in [2.05, 4.69) is 15.9 Å². The lowest BCUT2D eigenvalue weighted by Crippen LogP contribution is -1.82. The summed E-state index contributed by atoms with van der Waals surface area (Å²) in [6.45, 7) is 0. The summed E-state index contributed by atoms with van der Waals surface area (Å²) in [5.74, 6) is -0.234. The van der Waals surface area contributed by atoms with Crippen molar-refractivity contribution >= 4 is 32.8 Å². The molecule has 0 spiro atoms. The van der Waals surface area contributed by atoms with Crippen LogP contribution >= 0.6 is 15.9 Å². The van der Waals surface area contributed by atoms with Gasteiger partial charge < -0.3 is 4.42 Å². The van der Waals surface area contributed by atoms with Gasteiger partial charge in [-0.1, -0.05) is 12.1 Å².